The van der Waals surface area contributed by atoms with Crippen molar-refractivity contribution >= 4 is 21.6 Å². The third kappa shape index (κ3) is 4.98. The number of methoxy groups -OCH3 is 1. The molecule has 1 N–H and O–H groups in total. The lowest BCUT2D eigenvalue weighted by Crippen LogP contribution is -2.06. The molecule has 0 atom stereocenters. The van der Waals surface area contributed by atoms with Crippen molar-refractivity contribution in [1.29, 1.82) is 0 Å². The molecule has 0 aliphatic heterocycles. The number of halogens is 3. The Labute approximate surface area is 165 Å². The zero-order valence-corrected chi connectivity index (χ0v) is 16.2. The second-order valence-electron chi connectivity index (χ2n) is 5.83. The second kappa shape index (κ2) is 8.86. The van der Waals surface area contributed by atoms with Gasteiger partial charge in [-0.2, -0.15) is 0 Å². The molecule has 0 spiro atoms. The van der Waals surface area contributed by atoms with E-state index in [0.717, 1.165) is 21.3 Å². The lowest BCUT2D eigenvalue weighted by molar-refractivity contribution is 0.281. The number of ether oxygens (including phenoxy) is 2. The van der Waals surface area contributed by atoms with Crippen molar-refractivity contribution in [3.05, 3.63) is 87.9 Å². The predicted molar refractivity (Wildman–Crippen MR) is 105 cm³/mol. The van der Waals surface area contributed by atoms with E-state index < -0.39 is 0 Å². The van der Waals surface area contributed by atoms with Crippen LogP contribution in [0, 0.1) is 11.6 Å². The van der Waals surface area contributed by atoms with Crippen molar-refractivity contribution in [3.63, 3.8) is 0 Å². The molecule has 27 heavy (non-hydrogen) atoms. The van der Waals surface area contributed by atoms with E-state index in [9.17, 15) is 8.78 Å². The maximum absolute atomic E-state index is 13.1. The summed E-state index contributed by atoms with van der Waals surface area (Å²) < 4.78 is 38.4. The van der Waals surface area contributed by atoms with Gasteiger partial charge in [-0.15, -0.1) is 0 Å². The monoisotopic (exact) mass is 433 g/mol. The number of hydrogen-bond acceptors (Lipinski definition) is 3. The van der Waals surface area contributed by atoms with Gasteiger partial charge in [0.2, 0.25) is 0 Å². The summed E-state index contributed by atoms with van der Waals surface area (Å²) in [5, 5.41) is 3.24. The average Bonchev–Trinajstić information content (AvgIpc) is 2.68. The van der Waals surface area contributed by atoms with Crippen LogP contribution in [0.2, 0.25) is 0 Å². The van der Waals surface area contributed by atoms with Crippen LogP contribution in [0.25, 0.3) is 0 Å². The van der Waals surface area contributed by atoms with Gasteiger partial charge in [0.25, 0.3) is 0 Å². The highest BCUT2D eigenvalue weighted by atomic mass is 79.9. The summed E-state index contributed by atoms with van der Waals surface area (Å²) >= 11 is 3.55. The van der Waals surface area contributed by atoms with Crippen LogP contribution in [-0.4, -0.2) is 7.11 Å². The van der Waals surface area contributed by atoms with Gasteiger partial charge >= 0.3 is 0 Å². The van der Waals surface area contributed by atoms with Gasteiger partial charge in [0, 0.05) is 22.3 Å². The number of nitrogens with one attached hydrogen (secondary N) is 1. The second-order valence-corrected chi connectivity index (χ2v) is 6.69. The highest BCUT2D eigenvalue weighted by Crippen LogP contribution is 2.37. The minimum atomic E-state index is -0.289. The van der Waals surface area contributed by atoms with Crippen molar-refractivity contribution < 1.29 is 18.3 Å². The Balaban J connectivity index is 1.81. The Morgan fingerprint density at radius 3 is 2.15 bits per heavy atom. The molecule has 0 aliphatic carbocycles. The summed E-state index contributed by atoms with van der Waals surface area (Å²) in [4.78, 5) is 0. The molecule has 0 unspecified atom stereocenters. The summed E-state index contributed by atoms with van der Waals surface area (Å²) in [6.07, 6.45) is 0. The molecule has 0 amide bonds. The van der Waals surface area contributed by atoms with Gasteiger partial charge in [-0.3, -0.25) is 0 Å². The SMILES string of the molecule is COc1ccc(Br)c(CNc2ccc(F)cc2)c1OCc1ccc(F)cc1. The van der Waals surface area contributed by atoms with Crippen LogP contribution in [0.4, 0.5) is 14.5 Å². The Morgan fingerprint density at radius 2 is 1.52 bits per heavy atom. The highest BCUT2D eigenvalue weighted by Gasteiger charge is 2.15. The first kappa shape index (κ1) is 19.2. The van der Waals surface area contributed by atoms with E-state index in [1.54, 1.807) is 31.4 Å². The van der Waals surface area contributed by atoms with Crippen LogP contribution in [-0.2, 0) is 13.2 Å². The van der Waals surface area contributed by atoms with Crippen molar-refractivity contribution in [2.24, 2.45) is 0 Å². The van der Waals surface area contributed by atoms with Gasteiger partial charge in [0.15, 0.2) is 11.5 Å². The van der Waals surface area contributed by atoms with Crippen molar-refractivity contribution in [1.82, 2.24) is 0 Å². The van der Waals surface area contributed by atoms with Gasteiger partial charge in [-0.1, -0.05) is 28.1 Å². The van der Waals surface area contributed by atoms with Crippen molar-refractivity contribution in [2.45, 2.75) is 13.2 Å². The predicted octanol–water partition coefficient (Wildman–Crippen LogP) is 5.93. The molecule has 0 saturated carbocycles. The summed E-state index contributed by atoms with van der Waals surface area (Å²) in [5.41, 5.74) is 2.49. The highest BCUT2D eigenvalue weighted by molar-refractivity contribution is 9.10. The minimum Gasteiger partial charge on any atom is -0.493 e. The fourth-order valence-electron chi connectivity index (χ4n) is 2.56. The molecule has 0 heterocycles. The van der Waals surface area contributed by atoms with Gasteiger partial charge < -0.3 is 14.8 Å². The van der Waals surface area contributed by atoms with Crippen molar-refractivity contribution in [2.75, 3.05) is 12.4 Å². The summed E-state index contributed by atoms with van der Waals surface area (Å²) in [6, 6.07) is 16.0. The Bertz CT molecular complexity index is 899. The maximum Gasteiger partial charge on any atom is 0.167 e. The van der Waals surface area contributed by atoms with Crippen LogP contribution < -0.4 is 14.8 Å². The molecule has 0 fully saturated rings. The van der Waals surface area contributed by atoms with Crippen LogP contribution in [0.15, 0.2) is 65.1 Å². The van der Waals surface area contributed by atoms with E-state index in [2.05, 4.69) is 21.2 Å². The van der Waals surface area contributed by atoms with E-state index in [4.69, 9.17) is 9.47 Å². The number of anilines is 1. The molecule has 3 nitrogen and oxygen atoms in total. The lowest BCUT2D eigenvalue weighted by atomic mass is 10.1. The normalized spacial score (nSPS) is 10.5. The van der Waals surface area contributed by atoms with Crippen molar-refractivity contribution in [3.8, 4) is 11.5 Å². The topological polar surface area (TPSA) is 30.5 Å². The fourth-order valence-corrected chi connectivity index (χ4v) is 3.01. The molecule has 3 aromatic rings. The molecule has 0 radical (unpaired) electrons. The van der Waals surface area contributed by atoms with Crippen LogP contribution >= 0.6 is 15.9 Å². The summed E-state index contributed by atoms with van der Waals surface area (Å²) in [5.74, 6) is 0.608. The molecular formula is C21H18BrF2NO2. The summed E-state index contributed by atoms with van der Waals surface area (Å²) in [7, 11) is 1.57. The molecule has 0 bridgehead atoms. The first-order chi connectivity index (χ1) is 13.1. The standard InChI is InChI=1S/C21H18BrF2NO2/c1-26-20-11-10-19(22)18(12-25-17-8-6-16(24)7-9-17)21(20)27-13-14-2-4-15(23)5-3-14/h2-11,25H,12-13H2,1H3. The number of benzene rings is 3. The summed E-state index contributed by atoms with van der Waals surface area (Å²) in [6.45, 7) is 0.721. The first-order valence-corrected chi connectivity index (χ1v) is 9.08. The Morgan fingerprint density at radius 1 is 0.889 bits per heavy atom. The largest absolute Gasteiger partial charge is 0.493 e. The number of hydrogen-bond donors (Lipinski definition) is 1. The lowest BCUT2D eigenvalue weighted by Gasteiger charge is -2.17. The molecule has 6 heteroatoms. The smallest absolute Gasteiger partial charge is 0.167 e. The zero-order chi connectivity index (χ0) is 19.2. The minimum absolute atomic E-state index is 0.274. The molecule has 140 valence electrons. The first-order valence-electron chi connectivity index (χ1n) is 8.29. The third-order valence-electron chi connectivity index (χ3n) is 4.00. The van der Waals surface area contributed by atoms with Gasteiger partial charge in [-0.05, 0) is 54.1 Å². The number of rotatable bonds is 7. The zero-order valence-electron chi connectivity index (χ0n) is 14.6. The van der Waals surface area contributed by atoms with E-state index >= 15 is 0 Å². The van der Waals surface area contributed by atoms with Crippen LogP contribution in [0.1, 0.15) is 11.1 Å². The molecule has 0 saturated heterocycles. The molecule has 0 aliphatic rings. The molecule has 0 aromatic heterocycles. The fraction of sp³-hybridized carbons (Fsp3) is 0.143. The van der Waals surface area contributed by atoms with E-state index in [0.29, 0.717) is 18.0 Å². The molecule has 3 rings (SSSR count). The van der Waals surface area contributed by atoms with Gasteiger partial charge in [-0.25, -0.2) is 8.78 Å². The van der Waals surface area contributed by atoms with Crippen LogP contribution in [0.3, 0.4) is 0 Å². The van der Waals surface area contributed by atoms with Gasteiger partial charge in [0.05, 0.1) is 7.11 Å². The molecule has 3 aromatic carbocycles. The Hall–Kier alpha value is -2.60. The maximum atomic E-state index is 13.1. The Kier molecular flexibility index (Phi) is 6.29. The quantitative estimate of drug-likeness (QED) is 0.500. The molecular weight excluding hydrogens is 416 g/mol. The third-order valence-corrected chi connectivity index (χ3v) is 4.74. The van der Waals surface area contributed by atoms with Crippen LogP contribution in [0.5, 0.6) is 11.5 Å². The van der Waals surface area contributed by atoms with Gasteiger partial charge in [0.1, 0.15) is 18.2 Å². The van der Waals surface area contributed by atoms with E-state index in [-0.39, 0.29) is 18.2 Å². The van der Waals surface area contributed by atoms with E-state index in [1.165, 1.54) is 24.3 Å². The van der Waals surface area contributed by atoms with E-state index in [1.807, 2.05) is 12.1 Å². The average molecular weight is 434 g/mol.